The van der Waals surface area contributed by atoms with Gasteiger partial charge in [-0.2, -0.15) is 13.2 Å². The van der Waals surface area contributed by atoms with Crippen LogP contribution >= 0.6 is 0 Å². The molecule has 5 heteroatoms. The van der Waals surface area contributed by atoms with Crippen LogP contribution in [0.5, 0.6) is 5.75 Å². The molecule has 0 saturated heterocycles. The molecule has 0 bridgehead atoms. The molecule has 2 nitrogen and oxygen atoms in total. The lowest BCUT2D eigenvalue weighted by Crippen LogP contribution is -2.15. The fraction of sp³-hybridized carbons (Fsp3) is 0.357. The lowest BCUT2D eigenvalue weighted by atomic mass is 10.1. The summed E-state index contributed by atoms with van der Waals surface area (Å²) in [5.41, 5.74) is -0.926. The van der Waals surface area contributed by atoms with E-state index in [4.69, 9.17) is 4.74 Å². The lowest BCUT2D eigenvalue weighted by Gasteiger charge is -2.13. The predicted octanol–water partition coefficient (Wildman–Crippen LogP) is 3.97. The predicted molar refractivity (Wildman–Crippen MR) is 63.6 cm³/mol. The van der Waals surface area contributed by atoms with Gasteiger partial charge in [-0.3, -0.25) is 4.79 Å². The van der Waals surface area contributed by atoms with Crippen LogP contribution in [0, 0.1) is 5.92 Å². The zero-order valence-electron chi connectivity index (χ0n) is 10.1. The van der Waals surface area contributed by atoms with Gasteiger partial charge >= 0.3 is 12.1 Å². The Kier molecular flexibility index (Phi) is 3.93. The molecule has 1 aromatic carbocycles. The average molecular weight is 270 g/mol. The highest BCUT2D eigenvalue weighted by Gasteiger charge is 2.34. The van der Waals surface area contributed by atoms with Crippen molar-refractivity contribution in [3.63, 3.8) is 0 Å². The summed E-state index contributed by atoms with van der Waals surface area (Å²) < 4.78 is 42.9. The highest BCUT2D eigenvalue weighted by atomic mass is 19.4. The molecule has 0 saturated carbocycles. The number of hydrogen-bond acceptors (Lipinski definition) is 2. The Morgan fingerprint density at radius 2 is 2.05 bits per heavy atom. The third-order valence-corrected chi connectivity index (χ3v) is 2.96. The Balaban J connectivity index is 2.06. The third kappa shape index (κ3) is 3.59. The van der Waals surface area contributed by atoms with Gasteiger partial charge in [0.05, 0.1) is 12.0 Å². The van der Waals surface area contributed by atoms with Crippen molar-refractivity contribution in [2.24, 2.45) is 5.92 Å². The van der Waals surface area contributed by atoms with Crippen LogP contribution < -0.4 is 4.74 Å². The summed E-state index contributed by atoms with van der Waals surface area (Å²) in [4.78, 5) is 11.6. The Bertz CT molecular complexity index is 492. The molecule has 0 radical (unpaired) electrons. The van der Waals surface area contributed by atoms with E-state index in [2.05, 4.69) is 0 Å². The number of esters is 1. The summed E-state index contributed by atoms with van der Waals surface area (Å²) in [6, 6.07) is 4.73. The van der Waals surface area contributed by atoms with Crippen LogP contribution in [0.2, 0.25) is 0 Å². The second kappa shape index (κ2) is 5.47. The largest absolute Gasteiger partial charge is 0.426 e. The molecule has 1 aromatic rings. The van der Waals surface area contributed by atoms with Crippen LogP contribution in [0.3, 0.4) is 0 Å². The van der Waals surface area contributed by atoms with Crippen molar-refractivity contribution in [3.05, 3.63) is 42.0 Å². The van der Waals surface area contributed by atoms with Gasteiger partial charge in [0.15, 0.2) is 0 Å². The molecule has 19 heavy (non-hydrogen) atoms. The first kappa shape index (κ1) is 13.6. The molecule has 0 aromatic heterocycles. The van der Waals surface area contributed by atoms with Crippen LogP contribution in [0.25, 0.3) is 0 Å². The zero-order valence-corrected chi connectivity index (χ0v) is 10.1. The van der Waals surface area contributed by atoms with Crippen molar-refractivity contribution >= 4 is 5.97 Å². The first-order valence-corrected chi connectivity index (χ1v) is 6.00. The molecule has 0 aliphatic heterocycles. The number of ether oxygens (including phenoxy) is 1. The van der Waals surface area contributed by atoms with E-state index in [0.29, 0.717) is 0 Å². The van der Waals surface area contributed by atoms with Crippen LogP contribution in [0.1, 0.15) is 24.8 Å². The average Bonchev–Trinajstić information content (AvgIpc) is 2.81. The van der Waals surface area contributed by atoms with E-state index in [1.807, 2.05) is 12.2 Å². The van der Waals surface area contributed by atoms with E-state index in [0.717, 1.165) is 25.0 Å². The standard InChI is InChI=1S/C14H13F3O2/c15-14(16,17)11-7-3-4-8-12(11)19-13(18)9-10-5-1-2-6-10/h1,3-5,7-8,10H,2,6,9H2. The zero-order chi connectivity index (χ0) is 13.9. The fourth-order valence-corrected chi connectivity index (χ4v) is 2.03. The Hall–Kier alpha value is -1.78. The number of para-hydroxylation sites is 1. The number of rotatable bonds is 3. The molecule has 1 atom stereocenters. The van der Waals surface area contributed by atoms with Crippen LogP contribution in [0.4, 0.5) is 13.2 Å². The number of benzene rings is 1. The maximum Gasteiger partial charge on any atom is 0.419 e. The van der Waals surface area contributed by atoms with Gasteiger partial charge in [0.1, 0.15) is 5.75 Å². The van der Waals surface area contributed by atoms with Gasteiger partial charge in [-0.1, -0.05) is 24.3 Å². The molecule has 0 fully saturated rings. The van der Waals surface area contributed by atoms with Crippen molar-refractivity contribution in [1.29, 1.82) is 0 Å². The SMILES string of the molecule is O=C(CC1C=CCC1)Oc1ccccc1C(F)(F)F. The maximum absolute atomic E-state index is 12.7. The van der Waals surface area contributed by atoms with Crippen LogP contribution in [0.15, 0.2) is 36.4 Å². The van der Waals surface area contributed by atoms with Crippen LogP contribution in [-0.2, 0) is 11.0 Å². The number of carbonyl (C=O) groups is 1. The van der Waals surface area contributed by atoms with E-state index in [1.165, 1.54) is 12.1 Å². The van der Waals surface area contributed by atoms with Gasteiger partial charge in [0, 0.05) is 0 Å². The van der Waals surface area contributed by atoms with Gasteiger partial charge in [0.25, 0.3) is 0 Å². The van der Waals surface area contributed by atoms with E-state index in [-0.39, 0.29) is 12.3 Å². The Morgan fingerprint density at radius 3 is 2.68 bits per heavy atom. The molecule has 2 rings (SSSR count). The maximum atomic E-state index is 12.7. The summed E-state index contributed by atoms with van der Waals surface area (Å²) >= 11 is 0. The van der Waals surface area contributed by atoms with Crippen molar-refractivity contribution in [2.75, 3.05) is 0 Å². The van der Waals surface area contributed by atoms with Crippen molar-refractivity contribution < 1.29 is 22.7 Å². The number of alkyl halides is 3. The number of halogens is 3. The fourth-order valence-electron chi connectivity index (χ4n) is 2.03. The van der Waals surface area contributed by atoms with E-state index in [1.54, 1.807) is 0 Å². The van der Waals surface area contributed by atoms with E-state index < -0.39 is 23.5 Å². The molecule has 102 valence electrons. The first-order chi connectivity index (χ1) is 8.97. The van der Waals surface area contributed by atoms with Crippen molar-refractivity contribution in [2.45, 2.75) is 25.4 Å². The van der Waals surface area contributed by atoms with Gasteiger partial charge in [-0.25, -0.2) is 0 Å². The molecule has 1 aliphatic rings. The van der Waals surface area contributed by atoms with Gasteiger partial charge < -0.3 is 4.74 Å². The molecule has 1 unspecified atom stereocenters. The lowest BCUT2D eigenvalue weighted by molar-refractivity contribution is -0.142. The summed E-state index contributed by atoms with van der Waals surface area (Å²) in [6.07, 6.45) is 1.19. The smallest absolute Gasteiger partial charge is 0.419 e. The van der Waals surface area contributed by atoms with Crippen molar-refractivity contribution in [3.8, 4) is 5.75 Å². The normalized spacial score (nSPS) is 18.6. The molecule has 0 N–H and O–H groups in total. The molecular formula is C14H13F3O2. The number of hydrogen-bond donors (Lipinski definition) is 0. The molecule has 0 heterocycles. The summed E-state index contributed by atoms with van der Waals surface area (Å²) in [7, 11) is 0. The summed E-state index contributed by atoms with van der Waals surface area (Å²) in [5.74, 6) is -0.985. The van der Waals surface area contributed by atoms with Gasteiger partial charge in [0.2, 0.25) is 0 Å². The minimum absolute atomic E-state index is 0.0746. The number of allylic oxidation sites excluding steroid dienone is 2. The quantitative estimate of drug-likeness (QED) is 0.472. The number of carbonyl (C=O) groups excluding carboxylic acids is 1. The molecule has 0 spiro atoms. The highest BCUT2D eigenvalue weighted by Crippen LogP contribution is 2.36. The Morgan fingerprint density at radius 1 is 1.32 bits per heavy atom. The minimum Gasteiger partial charge on any atom is -0.426 e. The molecule has 0 amide bonds. The van der Waals surface area contributed by atoms with E-state index in [9.17, 15) is 18.0 Å². The van der Waals surface area contributed by atoms with Gasteiger partial charge in [-0.05, 0) is 30.9 Å². The van der Waals surface area contributed by atoms with E-state index >= 15 is 0 Å². The van der Waals surface area contributed by atoms with Crippen LogP contribution in [-0.4, -0.2) is 5.97 Å². The highest BCUT2D eigenvalue weighted by molar-refractivity contribution is 5.73. The minimum atomic E-state index is -4.52. The summed E-state index contributed by atoms with van der Waals surface area (Å²) in [6.45, 7) is 0. The van der Waals surface area contributed by atoms with Gasteiger partial charge in [-0.15, -0.1) is 0 Å². The third-order valence-electron chi connectivity index (χ3n) is 2.96. The second-order valence-electron chi connectivity index (χ2n) is 4.44. The summed E-state index contributed by atoms with van der Waals surface area (Å²) in [5, 5.41) is 0. The topological polar surface area (TPSA) is 26.3 Å². The van der Waals surface area contributed by atoms with Crippen molar-refractivity contribution in [1.82, 2.24) is 0 Å². The first-order valence-electron chi connectivity index (χ1n) is 6.00. The monoisotopic (exact) mass is 270 g/mol. The molecular weight excluding hydrogens is 257 g/mol. The Labute approximate surface area is 108 Å². The second-order valence-corrected chi connectivity index (χ2v) is 4.44. The molecule has 1 aliphatic carbocycles.